The lowest BCUT2D eigenvalue weighted by Gasteiger charge is -2.19. The van der Waals surface area contributed by atoms with Gasteiger partial charge in [-0.2, -0.15) is 13.2 Å². The van der Waals surface area contributed by atoms with Crippen LogP contribution in [0.5, 0.6) is 5.75 Å². The van der Waals surface area contributed by atoms with Crippen molar-refractivity contribution in [3.63, 3.8) is 0 Å². The second-order valence-electron chi connectivity index (χ2n) is 6.02. The van der Waals surface area contributed by atoms with E-state index in [0.29, 0.717) is 5.75 Å². The van der Waals surface area contributed by atoms with Gasteiger partial charge in [0.1, 0.15) is 5.75 Å². The van der Waals surface area contributed by atoms with Crippen LogP contribution in [0, 0.1) is 0 Å². The number of alkyl halides is 3. The van der Waals surface area contributed by atoms with Gasteiger partial charge in [-0.3, -0.25) is 4.79 Å². The summed E-state index contributed by atoms with van der Waals surface area (Å²) < 4.78 is 43.9. The molecular formula is C19H20F3NO2. The monoisotopic (exact) mass is 351 g/mol. The number of nitrogens with one attached hydrogen (secondary N) is 1. The minimum absolute atomic E-state index is 0.0763. The first-order valence-electron chi connectivity index (χ1n) is 7.92. The first-order valence-corrected chi connectivity index (χ1v) is 7.92. The number of carbonyl (C=O) groups is 1. The van der Waals surface area contributed by atoms with E-state index >= 15 is 0 Å². The Hall–Kier alpha value is -2.50. The van der Waals surface area contributed by atoms with Gasteiger partial charge in [-0.1, -0.05) is 38.1 Å². The summed E-state index contributed by atoms with van der Waals surface area (Å²) in [6.45, 7) is 5.57. The molecule has 1 amide bonds. The number of hydrogen-bond donors (Lipinski definition) is 1. The summed E-state index contributed by atoms with van der Waals surface area (Å²) in [6.07, 6.45) is -5.31. The molecule has 2 aromatic rings. The Bertz CT molecular complexity index is 741. The Morgan fingerprint density at radius 1 is 1.04 bits per heavy atom. The normalized spacial score (nSPS) is 12.8. The molecule has 0 bridgehead atoms. The molecule has 0 aromatic heterocycles. The molecule has 2 rings (SSSR count). The Labute approximate surface area is 144 Å². The lowest BCUT2D eigenvalue weighted by Crippen LogP contribution is -2.30. The summed E-state index contributed by atoms with van der Waals surface area (Å²) >= 11 is 0. The van der Waals surface area contributed by atoms with Gasteiger partial charge in [0.2, 0.25) is 0 Å². The Morgan fingerprint density at radius 2 is 1.72 bits per heavy atom. The van der Waals surface area contributed by atoms with Gasteiger partial charge < -0.3 is 10.1 Å². The molecule has 2 aromatic carbocycles. The van der Waals surface area contributed by atoms with E-state index in [2.05, 4.69) is 5.32 Å². The van der Waals surface area contributed by atoms with Crippen molar-refractivity contribution in [1.82, 2.24) is 0 Å². The standard InChI is InChI=1S/C19H20F3NO2/c1-12(2)16-9-4-5-10-17(16)25-13(3)18(24)23-15-8-6-7-14(11-15)19(20,21)22/h4-13H,1-3H3,(H,23,24)/t13-/m1/s1. The van der Waals surface area contributed by atoms with E-state index in [9.17, 15) is 18.0 Å². The van der Waals surface area contributed by atoms with Crippen LogP contribution in [0.2, 0.25) is 0 Å². The van der Waals surface area contributed by atoms with Crippen LogP contribution in [0.15, 0.2) is 48.5 Å². The van der Waals surface area contributed by atoms with Crippen molar-refractivity contribution < 1.29 is 22.7 Å². The number of para-hydroxylation sites is 1. The molecule has 0 saturated heterocycles. The van der Waals surface area contributed by atoms with E-state index in [1.165, 1.54) is 12.1 Å². The number of hydrogen-bond acceptors (Lipinski definition) is 2. The third kappa shape index (κ3) is 4.98. The number of amides is 1. The number of ether oxygens (including phenoxy) is 1. The molecule has 0 aliphatic heterocycles. The molecule has 0 aliphatic rings. The van der Waals surface area contributed by atoms with Crippen LogP contribution < -0.4 is 10.1 Å². The van der Waals surface area contributed by atoms with E-state index in [1.807, 2.05) is 26.0 Å². The molecule has 0 unspecified atom stereocenters. The average Bonchev–Trinajstić information content (AvgIpc) is 2.54. The summed E-state index contributed by atoms with van der Waals surface area (Å²) in [7, 11) is 0. The largest absolute Gasteiger partial charge is 0.481 e. The molecule has 6 heteroatoms. The number of anilines is 1. The quantitative estimate of drug-likeness (QED) is 0.800. The van der Waals surface area contributed by atoms with Gasteiger partial charge in [0.05, 0.1) is 5.56 Å². The van der Waals surface area contributed by atoms with Crippen LogP contribution >= 0.6 is 0 Å². The van der Waals surface area contributed by atoms with Crippen LogP contribution in [0.1, 0.15) is 37.8 Å². The van der Waals surface area contributed by atoms with Gasteiger partial charge in [-0.15, -0.1) is 0 Å². The fourth-order valence-electron chi connectivity index (χ4n) is 2.33. The van der Waals surface area contributed by atoms with E-state index in [-0.39, 0.29) is 11.6 Å². The zero-order valence-corrected chi connectivity index (χ0v) is 14.2. The minimum atomic E-state index is -4.46. The fourth-order valence-corrected chi connectivity index (χ4v) is 2.33. The first kappa shape index (κ1) is 18.8. The second-order valence-corrected chi connectivity index (χ2v) is 6.02. The molecule has 1 N–H and O–H groups in total. The van der Waals surface area contributed by atoms with Gasteiger partial charge in [-0.25, -0.2) is 0 Å². The molecule has 25 heavy (non-hydrogen) atoms. The summed E-state index contributed by atoms with van der Waals surface area (Å²) in [6, 6.07) is 11.9. The molecule has 0 heterocycles. The molecule has 0 spiro atoms. The van der Waals surface area contributed by atoms with Crippen LogP contribution in [-0.4, -0.2) is 12.0 Å². The molecule has 134 valence electrons. The topological polar surface area (TPSA) is 38.3 Å². The Morgan fingerprint density at radius 3 is 2.36 bits per heavy atom. The zero-order valence-electron chi connectivity index (χ0n) is 14.2. The molecule has 0 radical (unpaired) electrons. The van der Waals surface area contributed by atoms with Crippen molar-refractivity contribution in [1.29, 1.82) is 0 Å². The summed E-state index contributed by atoms with van der Waals surface area (Å²) in [5, 5.41) is 2.46. The smallest absolute Gasteiger partial charge is 0.416 e. The van der Waals surface area contributed by atoms with Crippen molar-refractivity contribution in [3.05, 3.63) is 59.7 Å². The Kier molecular flexibility index (Phi) is 5.72. The van der Waals surface area contributed by atoms with Crippen molar-refractivity contribution in [3.8, 4) is 5.75 Å². The van der Waals surface area contributed by atoms with Crippen LogP contribution in [0.4, 0.5) is 18.9 Å². The second kappa shape index (κ2) is 7.59. The van der Waals surface area contributed by atoms with Gasteiger partial charge in [0, 0.05) is 5.69 Å². The maximum atomic E-state index is 12.7. The lowest BCUT2D eigenvalue weighted by molar-refractivity contribution is -0.137. The highest BCUT2D eigenvalue weighted by atomic mass is 19.4. The van der Waals surface area contributed by atoms with Crippen molar-refractivity contribution in [2.45, 2.75) is 39.0 Å². The minimum Gasteiger partial charge on any atom is -0.481 e. The van der Waals surface area contributed by atoms with Crippen molar-refractivity contribution >= 4 is 11.6 Å². The highest BCUT2D eigenvalue weighted by Crippen LogP contribution is 2.31. The van der Waals surface area contributed by atoms with Gasteiger partial charge in [-0.05, 0) is 42.7 Å². The van der Waals surface area contributed by atoms with E-state index < -0.39 is 23.8 Å². The number of rotatable bonds is 5. The van der Waals surface area contributed by atoms with Crippen LogP contribution in [-0.2, 0) is 11.0 Å². The number of benzene rings is 2. The maximum Gasteiger partial charge on any atom is 0.416 e. The van der Waals surface area contributed by atoms with Gasteiger partial charge in [0.25, 0.3) is 5.91 Å². The molecule has 0 fully saturated rings. The third-order valence-corrected chi connectivity index (χ3v) is 3.67. The third-order valence-electron chi connectivity index (χ3n) is 3.67. The molecule has 1 atom stereocenters. The van der Waals surface area contributed by atoms with Gasteiger partial charge in [0.15, 0.2) is 6.10 Å². The number of carbonyl (C=O) groups excluding carboxylic acids is 1. The predicted octanol–water partition coefficient (Wildman–Crippen LogP) is 5.23. The molecule has 0 saturated carbocycles. The van der Waals surface area contributed by atoms with Crippen LogP contribution in [0.3, 0.4) is 0 Å². The van der Waals surface area contributed by atoms with Crippen molar-refractivity contribution in [2.75, 3.05) is 5.32 Å². The maximum absolute atomic E-state index is 12.7. The summed E-state index contributed by atoms with van der Waals surface area (Å²) in [4.78, 5) is 12.2. The SMILES string of the molecule is CC(C)c1ccccc1O[C@H](C)C(=O)Nc1cccc(C(F)(F)F)c1. The summed E-state index contributed by atoms with van der Waals surface area (Å²) in [5.74, 6) is 0.289. The fraction of sp³-hybridized carbons (Fsp3) is 0.316. The first-order chi connectivity index (χ1) is 11.7. The highest BCUT2D eigenvalue weighted by Gasteiger charge is 2.30. The summed E-state index contributed by atoms with van der Waals surface area (Å²) in [5.41, 5.74) is 0.220. The highest BCUT2D eigenvalue weighted by molar-refractivity contribution is 5.94. The lowest BCUT2D eigenvalue weighted by atomic mass is 10.0. The molecular weight excluding hydrogens is 331 g/mol. The molecule has 0 aliphatic carbocycles. The van der Waals surface area contributed by atoms with E-state index in [4.69, 9.17) is 4.74 Å². The molecule has 3 nitrogen and oxygen atoms in total. The zero-order chi connectivity index (χ0) is 18.6. The van der Waals surface area contributed by atoms with Gasteiger partial charge >= 0.3 is 6.18 Å². The van der Waals surface area contributed by atoms with Crippen LogP contribution in [0.25, 0.3) is 0 Å². The van der Waals surface area contributed by atoms with E-state index in [0.717, 1.165) is 17.7 Å². The average molecular weight is 351 g/mol. The van der Waals surface area contributed by atoms with Crippen molar-refractivity contribution in [2.24, 2.45) is 0 Å². The Balaban J connectivity index is 2.09. The van der Waals surface area contributed by atoms with E-state index in [1.54, 1.807) is 19.1 Å². The predicted molar refractivity (Wildman–Crippen MR) is 90.7 cm³/mol. The number of halogens is 3.